The minimum absolute atomic E-state index is 0.0735. The number of nitrogens with zero attached hydrogens (tertiary/aromatic N) is 1. The highest BCUT2D eigenvalue weighted by molar-refractivity contribution is 5.71. The first-order valence-corrected chi connectivity index (χ1v) is 9.69. The number of hydrogen-bond donors (Lipinski definition) is 1. The minimum Gasteiger partial charge on any atom is -0.494 e. The van der Waals surface area contributed by atoms with Crippen LogP contribution in [0.4, 0.5) is 11.4 Å². The summed E-state index contributed by atoms with van der Waals surface area (Å²) in [4.78, 5) is 11.0. The van der Waals surface area contributed by atoms with Crippen LogP contribution >= 0.6 is 0 Å². The second-order valence-corrected chi connectivity index (χ2v) is 8.72. The van der Waals surface area contributed by atoms with Gasteiger partial charge in [-0.15, -0.1) is 0 Å². The first-order valence-electron chi connectivity index (χ1n) is 9.69. The van der Waals surface area contributed by atoms with E-state index in [2.05, 4.69) is 62.5 Å². The van der Waals surface area contributed by atoms with Gasteiger partial charge in [-0.2, -0.15) is 0 Å². The molecule has 4 rings (SSSR count). The molecule has 146 valence electrons. The van der Waals surface area contributed by atoms with Gasteiger partial charge in [0.15, 0.2) is 0 Å². The molecule has 0 radical (unpaired) electrons. The monoisotopic (exact) mass is 378 g/mol. The number of anilines is 1. The maximum absolute atomic E-state index is 11.4. The lowest BCUT2D eigenvalue weighted by Gasteiger charge is -2.38. The highest BCUT2D eigenvalue weighted by atomic mass is 16.6. The Bertz CT molecular complexity index is 942. The van der Waals surface area contributed by atoms with Crippen LogP contribution in [0.3, 0.4) is 0 Å². The Labute approximate surface area is 165 Å². The summed E-state index contributed by atoms with van der Waals surface area (Å²) < 4.78 is 5.51. The molecule has 0 bridgehead atoms. The average molecular weight is 378 g/mol. The van der Waals surface area contributed by atoms with Crippen molar-refractivity contribution >= 4 is 11.4 Å². The van der Waals surface area contributed by atoms with Crippen molar-refractivity contribution in [2.24, 2.45) is 5.92 Å². The third kappa shape index (κ3) is 3.05. The molecule has 0 saturated carbocycles. The molecule has 3 atom stereocenters. The molecule has 0 aromatic heterocycles. The molecule has 5 nitrogen and oxygen atoms in total. The number of ether oxygens (including phenoxy) is 1. The van der Waals surface area contributed by atoms with E-state index in [0.29, 0.717) is 11.7 Å². The van der Waals surface area contributed by atoms with Crippen LogP contribution in [0.25, 0.3) is 0 Å². The summed E-state index contributed by atoms with van der Waals surface area (Å²) in [7, 11) is 1.56. The molecule has 2 aromatic carbocycles. The van der Waals surface area contributed by atoms with E-state index in [9.17, 15) is 10.1 Å². The van der Waals surface area contributed by atoms with Gasteiger partial charge in [-0.25, -0.2) is 0 Å². The fourth-order valence-corrected chi connectivity index (χ4v) is 4.44. The third-order valence-corrected chi connectivity index (χ3v) is 5.98. The van der Waals surface area contributed by atoms with Crippen LogP contribution in [0.5, 0.6) is 5.75 Å². The zero-order chi connectivity index (χ0) is 20.1. The molecule has 0 fully saturated rings. The summed E-state index contributed by atoms with van der Waals surface area (Å²) in [5, 5.41) is 15.0. The predicted molar refractivity (Wildman–Crippen MR) is 111 cm³/mol. The van der Waals surface area contributed by atoms with Crippen molar-refractivity contribution in [2.75, 3.05) is 12.4 Å². The van der Waals surface area contributed by atoms with E-state index in [-0.39, 0.29) is 28.0 Å². The highest BCUT2D eigenvalue weighted by Gasteiger charge is 2.40. The third-order valence-electron chi connectivity index (χ3n) is 5.98. The van der Waals surface area contributed by atoms with Gasteiger partial charge in [-0.05, 0) is 34.4 Å². The van der Waals surface area contributed by atoms with Gasteiger partial charge >= 0.3 is 0 Å². The number of allylic oxidation sites excluding steroid dienone is 2. The Hall–Kier alpha value is -2.82. The SMILES string of the molecule is COc1cc([N+](=O)[O-])cc2c1N[C@H](c1ccc(C(C)(C)C)cc1)[C@@H]1CC=C[C@H]21. The molecule has 0 spiro atoms. The van der Waals surface area contributed by atoms with E-state index in [1.165, 1.54) is 17.2 Å². The molecule has 1 N–H and O–H groups in total. The van der Waals surface area contributed by atoms with Gasteiger partial charge in [0.2, 0.25) is 0 Å². The van der Waals surface area contributed by atoms with Crippen LogP contribution in [0, 0.1) is 16.0 Å². The Morgan fingerprint density at radius 2 is 1.89 bits per heavy atom. The van der Waals surface area contributed by atoms with Crippen LogP contribution in [-0.2, 0) is 5.41 Å². The van der Waals surface area contributed by atoms with Gasteiger partial charge in [0.05, 0.1) is 29.8 Å². The van der Waals surface area contributed by atoms with Crippen molar-refractivity contribution in [1.29, 1.82) is 0 Å². The quantitative estimate of drug-likeness (QED) is 0.421. The fourth-order valence-electron chi connectivity index (χ4n) is 4.44. The standard InChI is InChI=1S/C23H26N2O3/c1-23(2,3)15-10-8-14(9-11-15)21-18-7-5-6-17(18)19-12-16(25(26)27)13-20(28-4)22(19)24-21/h5-6,8-13,17-18,21,24H,7H2,1-4H3/t17-,18+,21+/m0/s1. The maximum Gasteiger partial charge on any atom is 0.273 e. The lowest BCUT2D eigenvalue weighted by atomic mass is 9.76. The second kappa shape index (κ2) is 6.66. The normalized spacial score (nSPS) is 22.9. The number of hydrogen-bond acceptors (Lipinski definition) is 4. The van der Waals surface area contributed by atoms with Crippen molar-refractivity contribution in [3.8, 4) is 5.75 Å². The van der Waals surface area contributed by atoms with Gasteiger partial charge in [0.1, 0.15) is 5.75 Å². The summed E-state index contributed by atoms with van der Waals surface area (Å²) in [6.07, 6.45) is 5.33. The molecule has 28 heavy (non-hydrogen) atoms. The molecular formula is C23H26N2O3. The first kappa shape index (κ1) is 18.5. The maximum atomic E-state index is 11.4. The number of benzene rings is 2. The first-order chi connectivity index (χ1) is 13.3. The number of methoxy groups -OCH3 is 1. The van der Waals surface area contributed by atoms with Crippen LogP contribution in [0.15, 0.2) is 48.6 Å². The minimum atomic E-state index is -0.353. The second-order valence-electron chi connectivity index (χ2n) is 8.72. The van der Waals surface area contributed by atoms with Crippen molar-refractivity contribution in [2.45, 2.75) is 44.6 Å². The van der Waals surface area contributed by atoms with E-state index < -0.39 is 0 Å². The number of nitro benzene ring substituents is 1. The Kier molecular flexibility index (Phi) is 4.41. The van der Waals surface area contributed by atoms with Crippen LogP contribution < -0.4 is 10.1 Å². The summed E-state index contributed by atoms with van der Waals surface area (Å²) in [6, 6.07) is 12.2. The number of nitro groups is 1. The van der Waals surface area contributed by atoms with Crippen LogP contribution in [-0.4, -0.2) is 12.0 Å². The molecule has 0 saturated heterocycles. The zero-order valence-corrected chi connectivity index (χ0v) is 16.7. The average Bonchev–Trinajstić information content (AvgIpc) is 3.16. The molecule has 2 aromatic rings. The van der Waals surface area contributed by atoms with Crippen LogP contribution in [0.2, 0.25) is 0 Å². The number of fused-ring (bicyclic) bond motifs is 3. The van der Waals surface area contributed by atoms with E-state index in [1.807, 2.05) is 0 Å². The van der Waals surface area contributed by atoms with Gasteiger partial charge in [-0.1, -0.05) is 57.2 Å². The molecule has 5 heteroatoms. The van der Waals surface area contributed by atoms with Crippen molar-refractivity contribution in [3.63, 3.8) is 0 Å². The van der Waals surface area contributed by atoms with E-state index >= 15 is 0 Å². The Morgan fingerprint density at radius 1 is 1.18 bits per heavy atom. The molecule has 2 aliphatic rings. The topological polar surface area (TPSA) is 64.4 Å². The van der Waals surface area contributed by atoms with Gasteiger partial charge < -0.3 is 10.1 Å². The van der Waals surface area contributed by atoms with Crippen molar-refractivity contribution in [1.82, 2.24) is 0 Å². The lowest BCUT2D eigenvalue weighted by Crippen LogP contribution is -2.29. The molecule has 1 heterocycles. The fraction of sp³-hybridized carbons (Fsp3) is 0.391. The number of non-ortho nitro benzene ring substituents is 1. The van der Waals surface area contributed by atoms with E-state index in [0.717, 1.165) is 17.7 Å². The predicted octanol–water partition coefficient (Wildman–Crippen LogP) is 5.73. The summed E-state index contributed by atoms with van der Waals surface area (Å²) in [5.74, 6) is 1.01. The highest BCUT2D eigenvalue weighted by Crippen LogP contribution is 2.53. The van der Waals surface area contributed by atoms with Crippen LogP contribution in [0.1, 0.15) is 55.8 Å². The van der Waals surface area contributed by atoms with Gasteiger partial charge in [0.25, 0.3) is 5.69 Å². The zero-order valence-electron chi connectivity index (χ0n) is 16.7. The smallest absolute Gasteiger partial charge is 0.273 e. The van der Waals surface area contributed by atoms with E-state index in [1.54, 1.807) is 13.2 Å². The summed E-state index contributed by atoms with van der Waals surface area (Å²) >= 11 is 0. The van der Waals surface area contributed by atoms with E-state index in [4.69, 9.17) is 4.74 Å². The molecular weight excluding hydrogens is 352 g/mol. The number of nitrogens with one attached hydrogen (secondary N) is 1. The molecule has 1 aliphatic heterocycles. The Morgan fingerprint density at radius 3 is 2.50 bits per heavy atom. The number of rotatable bonds is 3. The van der Waals surface area contributed by atoms with Crippen molar-refractivity contribution < 1.29 is 9.66 Å². The lowest BCUT2D eigenvalue weighted by molar-refractivity contribution is -0.385. The van der Waals surface area contributed by atoms with Gasteiger partial charge in [0, 0.05) is 12.0 Å². The Balaban J connectivity index is 1.77. The molecule has 0 unspecified atom stereocenters. The van der Waals surface area contributed by atoms with Gasteiger partial charge in [-0.3, -0.25) is 10.1 Å². The largest absolute Gasteiger partial charge is 0.494 e. The summed E-state index contributed by atoms with van der Waals surface area (Å²) in [6.45, 7) is 6.64. The summed E-state index contributed by atoms with van der Waals surface area (Å²) in [5.41, 5.74) is 4.55. The molecule has 1 aliphatic carbocycles. The van der Waals surface area contributed by atoms with Crippen molar-refractivity contribution in [3.05, 3.63) is 75.4 Å². The molecule has 0 amide bonds.